The second-order valence-electron chi connectivity index (χ2n) is 7.38. The van der Waals surface area contributed by atoms with Crippen LogP contribution < -0.4 is 5.32 Å². The van der Waals surface area contributed by atoms with Crippen molar-refractivity contribution in [3.8, 4) is 0 Å². The molecule has 1 amide bonds. The number of amides is 1. The fourth-order valence-electron chi connectivity index (χ4n) is 3.97. The van der Waals surface area contributed by atoms with Gasteiger partial charge in [-0.2, -0.15) is 0 Å². The van der Waals surface area contributed by atoms with Crippen LogP contribution in [-0.2, 0) is 13.0 Å². The first-order chi connectivity index (χ1) is 13.2. The van der Waals surface area contributed by atoms with E-state index in [4.69, 9.17) is 0 Å². The molecule has 2 aliphatic heterocycles. The van der Waals surface area contributed by atoms with Crippen molar-refractivity contribution >= 4 is 11.7 Å². The lowest BCUT2D eigenvalue weighted by molar-refractivity contribution is 0.0731. The molecule has 0 unspecified atom stereocenters. The third-order valence-corrected chi connectivity index (χ3v) is 5.63. The van der Waals surface area contributed by atoms with Crippen molar-refractivity contribution in [2.75, 3.05) is 32.0 Å². The van der Waals surface area contributed by atoms with Crippen LogP contribution in [0.4, 0.5) is 5.82 Å². The molecule has 1 fully saturated rings. The number of hydrogen-bond donors (Lipinski definition) is 1. The van der Waals surface area contributed by atoms with E-state index < -0.39 is 0 Å². The van der Waals surface area contributed by atoms with Crippen LogP contribution in [0, 0.1) is 0 Å². The highest BCUT2D eigenvalue weighted by Gasteiger charge is 2.26. The van der Waals surface area contributed by atoms with Gasteiger partial charge >= 0.3 is 0 Å². The Morgan fingerprint density at radius 3 is 3.04 bits per heavy atom. The minimum atomic E-state index is 0.00528. The van der Waals surface area contributed by atoms with Crippen molar-refractivity contribution in [2.24, 2.45) is 0 Å². The quantitative estimate of drug-likeness (QED) is 0.892. The number of nitrogens with zero attached hydrogens (tertiary/aromatic N) is 5. The van der Waals surface area contributed by atoms with Gasteiger partial charge in [-0.15, -0.1) is 0 Å². The number of carbonyl (C=O) groups is 1. The zero-order valence-electron chi connectivity index (χ0n) is 15.8. The van der Waals surface area contributed by atoms with Crippen molar-refractivity contribution in [2.45, 2.75) is 38.3 Å². The van der Waals surface area contributed by atoms with Crippen LogP contribution in [0.2, 0.25) is 0 Å². The Bertz CT molecular complexity index is 796. The number of nitrogens with one attached hydrogen (secondary N) is 1. The number of hydrogen-bond acceptors (Lipinski definition) is 6. The van der Waals surface area contributed by atoms with Gasteiger partial charge in [0, 0.05) is 37.1 Å². The molecule has 1 N–H and O–H groups in total. The van der Waals surface area contributed by atoms with Crippen molar-refractivity contribution in [3.63, 3.8) is 0 Å². The van der Waals surface area contributed by atoms with Crippen molar-refractivity contribution < 1.29 is 4.79 Å². The van der Waals surface area contributed by atoms with Gasteiger partial charge in [0.15, 0.2) is 0 Å². The molecule has 2 aromatic heterocycles. The highest BCUT2D eigenvalue weighted by atomic mass is 16.2. The Labute approximate surface area is 159 Å². The van der Waals surface area contributed by atoms with Crippen LogP contribution in [0.1, 0.15) is 40.9 Å². The number of anilines is 1. The molecule has 2 aromatic rings. The van der Waals surface area contributed by atoms with Gasteiger partial charge in [-0.05, 0) is 45.0 Å². The molecule has 0 aliphatic carbocycles. The average molecular weight is 366 g/mol. The first-order valence-corrected chi connectivity index (χ1v) is 9.68. The molecule has 0 aromatic carbocycles. The molecule has 27 heavy (non-hydrogen) atoms. The molecule has 0 bridgehead atoms. The molecule has 0 radical (unpaired) electrons. The second-order valence-corrected chi connectivity index (χ2v) is 7.38. The number of rotatable bonds is 4. The first kappa shape index (κ1) is 17.9. The van der Waals surface area contributed by atoms with E-state index in [1.807, 2.05) is 4.90 Å². The maximum absolute atomic E-state index is 12.7. The number of fused-ring (bicyclic) bond motifs is 1. The van der Waals surface area contributed by atoms with Crippen LogP contribution in [0.15, 0.2) is 30.9 Å². The third kappa shape index (κ3) is 3.93. The minimum Gasteiger partial charge on any atom is -0.368 e. The van der Waals surface area contributed by atoms with Gasteiger partial charge in [-0.1, -0.05) is 6.42 Å². The number of carbonyl (C=O) groups excluding carboxylic acids is 1. The number of likely N-dealkylation sites (N-methyl/N-ethyl adjacent to an activating group) is 1. The molecule has 0 spiro atoms. The lowest BCUT2D eigenvalue weighted by atomic mass is 10.0. The van der Waals surface area contributed by atoms with E-state index >= 15 is 0 Å². The van der Waals surface area contributed by atoms with Gasteiger partial charge in [0.05, 0.1) is 17.8 Å². The van der Waals surface area contributed by atoms with Gasteiger partial charge < -0.3 is 15.1 Å². The molecule has 0 saturated carbocycles. The van der Waals surface area contributed by atoms with E-state index in [1.165, 1.54) is 25.8 Å². The molecular formula is C20H26N6O. The summed E-state index contributed by atoms with van der Waals surface area (Å²) in [5.74, 6) is 0.929. The van der Waals surface area contributed by atoms with Crippen molar-refractivity contribution in [1.29, 1.82) is 0 Å². The zero-order chi connectivity index (χ0) is 18.6. The van der Waals surface area contributed by atoms with E-state index in [0.717, 1.165) is 30.0 Å². The fourth-order valence-corrected chi connectivity index (χ4v) is 3.97. The molecule has 4 rings (SSSR count). The van der Waals surface area contributed by atoms with Crippen LogP contribution in [0.3, 0.4) is 0 Å². The lowest BCUT2D eigenvalue weighted by Crippen LogP contribution is -2.41. The number of piperidine rings is 1. The smallest absolute Gasteiger partial charge is 0.255 e. The molecule has 7 heteroatoms. The molecule has 2 aliphatic rings. The molecule has 142 valence electrons. The summed E-state index contributed by atoms with van der Waals surface area (Å²) in [4.78, 5) is 29.9. The van der Waals surface area contributed by atoms with E-state index in [2.05, 4.69) is 32.2 Å². The maximum atomic E-state index is 12.7. The van der Waals surface area contributed by atoms with Gasteiger partial charge in [0.25, 0.3) is 5.91 Å². The van der Waals surface area contributed by atoms with Crippen LogP contribution >= 0.6 is 0 Å². The average Bonchev–Trinajstić information content (AvgIpc) is 2.73. The Morgan fingerprint density at radius 2 is 2.22 bits per heavy atom. The highest BCUT2D eigenvalue weighted by molar-refractivity contribution is 5.94. The van der Waals surface area contributed by atoms with Crippen molar-refractivity contribution in [1.82, 2.24) is 24.8 Å². The Hall–Kier alpha value is -2.54. The lowest BCUT2D eigenvalue weighted by Gasteiger charge is -2.33. The SMILES string of the molecule is CN1CCCC[C@@H]1CNc1ncnc2c1CCN(C(=O)c1cccnc1)C2. The molecule has 1 saturated heterocycles. The second kappa shape index (κ2) is 8.00. The number of likely N-dealkylation sites (tertiary alicyclic amines) is 1. The van der Waals surface area contributed by atoms with Gasteiger partial charge in [-0.3, -0.25) is 9.78 Å². The van der Waals surface area contributed by atoms with E-state index in [0.29, 0.717) is 24.7 Å². The van der Waals surface area contributed by atoms with E-state index in [9.17, 15) is 4.79 Å². The number of aromatic nitrogens is 3. The Balaban J connectivity index is 1.44. The van der Waals surface area contributed by atoms with Crippen LogP contribution in [0.25, 0.3) is 0 Å². The monoisotopic (exact) mass is 366 g/mol. The zero-order valence-corrected chi connectivity index (χ0v) is 15.8. The van der Waals surface area contributed by atoms with Crippen molar-refractivity contribution in [3.05, 3.63) is 47.7 Å². The van der Waals surface area contributed by atoms with E-state index in [1.54, 1.807) is 30.9 Å². The first-order valence-electron chi connectivity index (χ1n) is 9.68. The fraction of sp³-hybridized carbons (Fsp3) is 0.500. The summed E-state index contributed by atoms with van der Waals surface area (Å²) in [6.07, 6.45) is 9.47. The summed E-state index contributed by atoms with van der Waals surface area (Å²) < 4.78 is 0. The molecule has 4 heterocycles. The number of pyridine rings is 1. The summed E-state index contributed by atoms with van der Waals surface area (Å²) in [5, 5.41) is 3.54. The third-order valence-electron chi connectivity index (χ3n) is 5.63. The Kier molecular flexibility index (Phi) is 5.29. The standard InChI is InChI=1S/C20H26N6O/c1-25-9-3-2-6-16(25)12-22-19-17-7-10-26(13-18(17)23-14-24-19)20(27)15-5-4-8-21-11-15/h4-5,8,11,14,16H,2-3,6-7,9-10,12-13H2,1H3,(H,22,23,24)/t16-/m1/s1. The van der Waals surface area contributed by atoms with Crippen LogP contribution in [-0.4, -0.2) is 63.4 Å². The van der Waals surface area contributed by atoms with Gasteiger partial charge in [0.1, 0.15) is 12.1 Å². The molecule has 1 atom stereocenters. The summed E-state index contributed by atoms with van der Waals surface area (Å²) >= 11 is 0. The van der Waals surface area contributed by atoms with Crippen LogP contribution in [0.5, 0.6) is 0 Å². The Morgan fingerprint density at radius 1 is 1.30 bits per heavy atom. The van der Waals surface area contributed by atoms with Gasteiger partial charge in [-0.25, -0.2) is 9.97 Å². The normalized spacial score (nSPS) is 20.2. The maximum Gasteiger partial charge on any atom is 0.255 e. The molecular weight excluding hydrogens is 340 g/mol. The van der Waals surface area contributed by atoms with Gasteiger partial charge in [0.2, 0.25) is 0 Å². The largest absolute Gasteiger partial charge is 0.368 e. The summed E-state index contributed by atoms with van der Waals surface area (Å²) in [6.45, 7) is 3.26. The summed E-state index contributed by atoms with van der Waals surface area (Å²) in [5.41, 5.74) is 2.70. The topological polar surface area (TPSA) is 74.2 Å². The predicted molar refractivity (Wildman–Crippen MR) is 103 cm³/mol. The highest BCUT2D eigenvalue weighted by Crippen LogP contribution is 2.24. The predicted octanol–water partition coefficient (Wildman–Crippen LogP) is 1.97. The summed E-state index contributed by atoms with van der Waals surface area (Å²) in [6, 6.07) is 4.15. The van der Waals surface area contributed by atoms with E-state index in [-0.39, 0.29) is 5.91 Å². The molecule has 7 nitrogen and oxygen atoms in total. The minimum absolute atomic E-state index is 0.00528. The summed E-state index contributed by atoms with van der Waals surface area (Å²) in [7, 11) is 2.20.